The van der Waals surface area contributed by atoms with Crippen molar-refractivity contribution in [2.45, 2.75) is 33.6 Å². The van der Waals surface area contributed by atoms with Crippen molar-refractivity contribution < 1.29 is 10.0 Å². The van der Waals surface area contributed by atoms with Crippen molar-refractivity contribution in [3.8, 4) is 0 Å². The fraction of sp³-hybridized carbons (Fsp3) is 0.900. The van der Waals surface area contributed by atoms with E-state index in [0.717, 1.165) is 11.5 Å². The average molecular weight is 185 g/mol. The van der Waals surface area contributed by atoms with E-state index in [0.29, 0.717) is 30.7 Å². The normalized spacial score (nSPS) is 26.7. The largest absolute Gasteiger partial charge is 0.286 e. The summed E-state index contributed by atoms with van der Waals surface area (Å²) in [4.78, 5) is 11.2. The first-order valence-corrected chi connectivity index (χ1v) is 5.01. The highest BCUT2D eigenvalue weighted by Gasteiger charge is 2.29. The molecule has 0 saturated carbocycles. The summed E-state index contributed by atoms with van der Waals surface area (Å²) in [5.74, 6) is 1.51. The lowest BCUT2D eigenvalue weighted by atomic mass is 9.79. The van der Waals surface area contributed by atoms with Gasteiger partial charge < -0.3 is 0 Å². The van der Waals surface area contributed by atoms with Gasteiger partial charge in [-0.15, -0.1) is 0 Å². The first-order valence-electron chi connectivity index (χ1n) is 5.01. The smallest absolute Gasteiger partial charge is 0.246 e. The van der Waals surface area contributed by atoms with Gasteiger partial charge in [-0.1, -0.05) is 20.8 Å². The summed E-state index contributed by atoms with van der Waals surface area (Å²) in [5, 5.41) is 9.95. The Bertz CT molecular complexity index is 191. The summed E-state index contributed by atoms with van der Waals surface area (Å²) in [7, 11) is 0. The van der Waals surface area contributed by atoms with Crippen LogP contribution in [-0.4, -0.2) is 22.7 Å². The van der Waals surface area contributed by atoms with E-state index in [2.05, 4.69) is 20.8 Å². The molecule has 0 aromatic heterocycles. The average Bonchev–Trinajstić information content (AvgIpc) is 2.08. The number of rotatable bonds is 2. The molecule has 0 aromatic rings. The molecule has 0 radical (unpaired) electrons. The minimum absolute atomic E-state index is 0.122. The topological polar surface area (TPSA) is 40.5 Å². The highest BCUT2D eigenvalue weighted by atomic mass is 16.5. The molecule has 1 fully saturated rings. The summed E-state index contributed by atoms with van der Waals surface area (Å²) in [6, 6.07) is 0. The first kappa shape index (κ1) is 10.5. The van der Waals surface area contributed by atoms with Crippen LogP contribution in [0.4, 0.5) is 0 Å². The zero-order valence-corrected chi connectivity index (χ0v) is 8.66. The van der Waals surface area contributed by atoms with Crippen molar-refractivity contribution in [1.29, 1.82) is 0 Å². The van der Waals surface area contributed by atoms with Gasteiger partial charge in [0, 0.05) is 13.0 Å². The molecule has 1 amide bonds. The summed E-state index contributed by atoms with van der Waals surface area (Å²) < 4.78 is 0. The van der Waals surface area contributed by atoms with Crippen LogP contribution in [0.5, 0.6) is 0 Å². The Kier molecular flexibility index (Phi) is 3.31. The van der Waals surface area contributed by atoms with Crippen molar-refractivity contribution in [2.75, 3.05) is 6.54 Å². The second kappa shape index (κ2) is 4.09. The van der Waals surface area contributed by atoms with Crippen LogP contribution in [0.15, 0.2) is 0 Å². The molecule has 76 valence electrons. The van der Waals surface area contributed by atoms with Crippen LogP contribution in [0, 0.1) is 17.8 Å². The standard InChI is InChI=1S/C10H19NO2/c1-7(2)8(3)9-4-5-11(13)10(12)6-9/h7-9,13H,4-6H2,1-3H3. The molecule has 1 N–H and O–H groups in total. The molecule has 2 atom stereocenters. The highest BCUT2D eigenvalue weighted by Crippen LogP contribution is 2.29. The van der Waals surface area contributed by atoms with Gasteiger partial charge in [0.15, 0.2) is 0 Å². The summed E-state index contributed by atoms with van der Waals surface area (Å²) in [5.41, 5.74) is 0. The fourth-order valence-corrected chi connectivity index (χ4v) is 1.84. The van der Waals surface area contributed by atoms with Crippen molar-refractivity contribution in [1.82, 2.24) is 5.06 Å². The van der Waals surface area contributed by atoms with Gasteiger partial charge in [0.1, 0.15) is 0 Å². The van der Waals surface area contributed by atoms with Crippen LogP contribution in [0.2, 0.25) is 0 Å². The number of piperidine rings is 1. The van der Waals surface area contributed by atoms with Gasteiger partial charge in [-0.3, -0.25) is 10.0 Å². The van der Waals surface area contributed by atoms with Crippen LogP contribution in [0.1, 0.15) is 33.6 Å². The SMILES string of the molecule is CC(C)C(C)C1CCN(O)C(=O)C1. The Labute approximate surface area is 79.7 Å². The third-order valence-corrected chi connectivity index (χ3v) is 3.23. The van der Waals surface area contributed by atoms with E-state index in [1.807, 2.05) is 0 Å². The molecule has 1 heterocycles. The first-order chi connectivity index (χ1) is 6.02. The van der Waals surface area contributed by atoms with Crippen LogP contribution in [0.3, 0.4) is 0 Å². The number of carbonyl (C=O) groups is 1. The lowest BCUT2D eigenvalue weighted by Crippen LogP contribution is -2.38. The Morgan fingerprint density at radius 3 is 2.54 bits per heavy atom. The van der Waals surface area contributed by atoms with E-state index in [4.69, 9.17) is 5.21 Å². The van der Waals surface area contributed by atoms with Gasteiger partial charge in [0.25, 0.3) is 0 Å². The van der Waals surface area contributed by atoms with E-state index in [-0.39, 0.29) is 5.91 Å². The van der Waals surface area contributed by atoms with Gasteiger partial charge in [-0.25, -0.2) is 5.06 Å². The third kappa shape index (κ3) is 2.44. The number of hydrogen-bond acceptors (Lipinski definition) is 2. The molecule has 1 aliphatic heterocycles. The molecular weight excluding hydrogens is 166 g/mol. The summed E-state index contributed by atoms with van der Waals surface area (Å²) in [6.45, 7) is 7.05. The molecule has 2 unspecified atom stereocenters. The van der Waals surface area contributed by atoms with Gasteiger partial charge in [0.05, 0.1) is 0 Å². The van der Waals surface area contributed by atoms with Gasteiger partial charge in [-0.05, 0) is 24.2 Å². The van der Waals surface area contributed by atoms with Crippen LogP contribution in [0.25, 0.3) is 0 Å². The quantitative estimate of drug-likeness (QED) is 0.667. The molecule has 1 aliphatic rings. The molecular formula is C10H19NO2. The van der Waals surface area contributed by atoms with Crippen molar-refractivity contribution in [2.24, 2.45) is 17.8 Å². The Balaban J connectivity index is 2.50. The van der Waals surface area contributed by atoms with Crippen LogP contribution < -0.4 is 0 Å². The zero-order chi connectivity index (χ0) is 10.0. The predicted molar refractivity (Wildman–Crippen MR) is 50.2 cm³/mol. The summed E-state index contributed by atoms with van der Waals surface area (Å²) >= 11 is 0. The molecule has 13 heavy (non-hydrogen) atoms. The molecule has 0 bridgehead atoms. The molecule has 3 heteroatoms. The maximum atomic E-state index is 11.2. The van der Waals surface area contributed by atoms with Gasteiger partial charge >= 0.3 is 0 Å². The van der Waals surface area contributed by atoms with E-state index in [9.17, 15) is 4.79 Å². The van der Waals surface area contributed by atoms with E-state index in [1.54, 1.807) is 0 Å². The van der Waals surface area contributed by atoms with E-state index >= 15 is 0 Å². The second-order valence-electron chi connectivity index (χ2n) is 4.37. The Morgan fingerprint density at radius 2 is 2.08 bits per heavy atom. The highest BCUT2D eigenvalue weighted by molar-refractivity contribution is 5.75. The van der Waals surface area contributed by atoms with Crippen LogP contribution in [-0.2, 0) is 4.79 Å². The molecule has 0 spiro atoms. The lowest BCUT2D eigenvalue weighted by Gasteiger charge is -2.32. The number of carbonyl (C=O) groups excluding carboxylic acids is 1. The Morgan fingerprint density at radius 1 is 1.46 bits per heavy atom. The maximum Gasteiger partial charge on any atom is 0.246 e. The van der Waals surface area contributed by atoms with Crippen LogP contribution >= 0.6 is 0 Å². The number of hydrogen-bond donors (Lipinski definition) is 1. The number of amides is 1. The summed E-state index contributed by atoms with van der Waals surface area (Å²) in [6.07, 6.45) is 1.44. The fourth-order valence-electron chi connectivity index (χ4n) is 1.84. The minimum Gasteiger partial charge on any atom is -0.286 e. The Hall–Kier alpha value is -0.570. The predicted octanol–water partition coefficient (Wildman–Crippen LogP) is 1.91. The molecule has 0 aromatic carbocycles. The lowest BCUT2D eigenvalue weighted by molar-refractivity contribution is -0.174. The van der Waals surface area contributed by atoms with E-state index < -0.39 is 0 Å². The number of nitrogens with zero attached hydrogens (tertiary/aromatic N) is 1. The van der Waals surface area contributed by atoms with Gasteiger partial charge in [-0.2, -0.15) is 0 Å². The van der Waals surface area contributed by atoms with Gasteiger partial charge in [0.2, 0.25) is 5.91 Å². The minimum atomic E-state index is -0.122. The second-order valence-corrected chi connectivity index (χ2v) is 4.37. The maximum absolute atomic E-state index is 11.2. The van der Waals surface area contributed by atoms with E-state index in [1.165, 1.54) is 0 Å². The zero-order valence-electron chi connectivity index (χ0n) is 8.66. The van der Waals surface area contributed by atoms with Crippen molar-refractivity contribution in [3.63, 3.8) is 0 Å². The molecule has 1 rings (SSSR count). The molecule has 1 saturated heterocycles. The monoisotopic (exact) mass is 185 g/mol. The van der Waals surface area contributed by atoms with Crippen molar-refractivity contribution >= 4 is 5.91 Å². The van der Waals surface area contributed by atoms with Crippen molar-refractivity contribution in [3.05, 3.63) is 0 Å². The molecule has 0 aliphatic carbocycles. The third-order valence-electron chi connectivity index (χ3n) is 3.23. The molecule has 3 nitrogen and oxygen atoms in total. The number of hydroxylamine groups is 2.